The van der Waals surface area contributed by atoms with Gasteiger partial charge in [0.2, 0.25) is 0 Å². The van der Waals surface area contributed by atoms with Gasteiger partial charge in [-0.2, -0.15) is 0 Å². The lowest BCUT2D eigenvalue weighted by atomic mass is 10.2. The number of aromatic nitrogens is 2. The number of fused-ring (bicyclic) bond motifs is 1. The van der Waals surface area contributed by atoms with Crippen LogP contribution in [0.1, 0.15) is 0 Å². The molecule has 1 N–H and O–H groups in total. The van der Waals surface area contributed by atoms with Crippen molar-refractivity contribution < 1.29 is 13.5 Å². The molecule has 0 fully saturated rings. The summed E-state index contributed by atoms with van der Waals surface area (Å²) in [4.78, 5) is 8.25. The molecule has 0 spiro atoms. The number of nitrogens with one attached hydrogen (secondary N) is 1. The fourth-order valence-corrected chi connectivity index (χ4v) is 2.03. The fourth-order valence-electron chi connectivity index (χ4n) is 2.03. The summed E-state index contributed by atoms with van der Waals surface area (Å²) >= 11 is 0. The van der Waals surface area contributed by atoms with Gasteiger partial charge in [0.05, 0.1) is 12.6 Å². The number of anilines is 2. The predicted octanol–water partition coefficient (Wildman–Crippen LogP) is 3.66. The fraction of sp³-hybridized carbons (Fsp3) is 0.0667. The van der Waals surface area contributed by atoms with Gasteiger partial charge in [-0.1, -0.05) is 0 Å². The van der Waals surface area contributed by atoms with E-state index in [0.29, 0.717) is 22.5 Å². The van der Waals surface area contributed by atoms with Crippen LogP contribution in [-0.2, 0) is 0 Å². The Bertz CT molecular complexity index is 788. The highest BCUT2D eigenvalue weighted by atomic mass is 19.1. The van der Waals surface area contributed by atoms with E-state index in [4.69, 9.17) is 4.74 Å². The topological polar surface area (TPSA) is 47.0 Å². The van der Waals surface area contributed by atoms with Gasteiger partial charge >= 0.3 is 0 Å². The van der Waals surface area contributed by atoms with E-state index >= 15 is 0 Å². The van der Waals surface area contributed by atoms with E-state index in [0.717, 1.165) is 6.07 Å². The normalized spacial score (nSPS) is 10.6. The van der Waals surface area contributed by atoms with E-state index in [1.165, 1.54) is 18.5 Å². The summed E-state index contributed by atoms with van der Waals surface area (Å²) < 4.78 is 31.6. The number of hydrogen-bond acceptors (Lipinski definition) is 4. The predicted molar refractivity (Wildman–Crippen MR) is 75.7 cm³/mol. The summed E-state index contributed by atoms with van der Waals surface area (Å²) in [5.74, 6) is -0.225. The molecule has 3 aromatic rings. The van der Waals surface area contributed by atoms with Crippen molar-refractivity contribution in [3.63, 3.8) is 0 Å². The minimum absolute atomic E-state index is 0.273. The van der Waals surface area contributed by atoms with Gasteiger partial charge < -0.3 is 10.1 Å². The summed E-state index contributed by atoms with van der Waals surface area (Å²) in [5, 5.41) is 3.59. The molecule has 0 aliphatic carbocycles. The number of methoxy groups -OCH3 is 1. The van der Waals surface area contributed by atoms with Crippen LogP contribution < -0.4 is 10.1 Å². The second-order valence-electron chi connectivity index (χ2n) is 4.39. The molecular weight excluding hydrogens is 276 g/mol. The van der Waals surface area contributed by atoms with Gasteiger partial charge in [-0.15, -0.1) is 0 Å². The Morgan fingerprint density at radius 2 is 1.76 bits per heavy atom. The average Bonchev–Trinajstić information content (AvgIpc) is 2.46. The first kappa shape index (κ1) is 13.2. The van der Waals surface area contributed by atoms with Crippen molar-refractivity contribution in [1.29, 1.82) is 0 Å². The zero-order valence-electron chi connectivity index (χ0n) is 11.1. The second-order valence-corrected chi connectivity index (χ2v) is 4.39. The molecule has 0 amide bonds. The Morgan fingerprint density at radius 1 is 1.00 bits per heavy atom. The highest BCUT2D eigenvalue weighted by Crippen LogP contribution is 2.27. The SMILES string of the molecule is COc1ccc2ncnc(Nc3cc(F)cc(F)c3)c2c1. The summed E-state index contributed by atoms with van der Waals surface area (Å²) in [7, 11) is 1.56. The summed E-state index contributed by atoms with van der Waals surface area (Å²) in [5.41, 5.74) is 0.973. The van der Waals surface area contributed by atoms with Gasteiger partial charge in [-0.05, 0) is 30.3 Å². The molecule has 4 nitrogen and oxygen atoms in total. The van der Waals surface area contributed by atoms with E-state index in [-0.39, 0.29) is 5.69 Å². The largest absolute Gasteiger partial charge is 0.497 e. The van der Waals surface area contributed by atoms with Crippen LogP contribution in [-0.4, -0.2) is 17.1 Å². The Balaban J connectivity index is 2.07. The number of nitrogens with zero attached hydrogens (tertiary/aromatic N) is 2. The number of ether oxygens (including phenoxy) is 1. The lowest BCUT2D eigenvalue weighted by Crippen LogP contribution is -1.97. The molecule has 0 saturated carbocycles. The maximum absolute atomic E-state index is 13.2. The Labute approximate surface area is 119 Å². The molecule has 0 aliphatic rings. The zero-order valence-corrected chi connectivity index (χ0v) is 11.1. The molecule has 2 aromatic carbocycles. The van der Waals surface area contributed by atoms with Crippen molar-refractivity contribution in [1.82, 2.24) is 9.97 Å². The van der Waals surface area contributed by atoms with Crippen molar-refractivity contribution in [2.45, 2.75) is 0 Å². The Hall–Kier alpha value is -2.76. The lowest BCUT2D eigenvalue weighted by Gasteiger charge is -2.09. The van der Waals surface area contributed by atoms with E-state index in [1.807, 2.05) is 0 Å². The highest BCUT2D eigenvalue weighted by Gasteiger charge is 2.07. The van der Waals surface area contributed by atoms with Crippen LogP contribution in [0.25, 0.3) is 10.9 Å². The van der Waals surface area contributed by atoms with Gasteiger partial charge in [-0.3, -0.25) is 0 Å². The van der Waals surface area contributed by atoms with Gasteiger partial charge in [0.15, 0.2) is 0 Å². The van der Waals surface area contributed by atoms with E-state index in [1.54, 1.807) is 25.3 Å². The molecule has 0 saturated heterocycles. The van der Waals surface area contributed by atoms with Crippen molar-refractivity contribution in [3.05, 3.63) is 54.4 Å². The van der Waals surface area contributed by atoms with Crippen molar-refractivity contribution >= 4 is 22.4 Å². The van der Waals surface area contributed by atoms with Gasteiger partial charge in [-0.25, -0.2) is 18.7 Å². The Kier molecular flexibility index (Phi) is 3.35. The van der Waals surface area contributed by atoms with Crippen LogP contribution in [0.4, 0.5) is 20.3 Å². The zero-order chi connectivity index (χ0) is 14.8. The van der Waals surface area contributed by atoms with Crippen LogP contribution in [0.15, 0.2) is 42.7 Å². The minimum Gasteiger partial charge on any atom is -0.497 e. The molecule has 106 valence electrons. The van der Waals surface area contributed by atoms with Crippen LogP contribution in [0, 0.1) is 11.6 Å². The first-order valence-corrected chi connectivity index (χ1v) is 6.17. The van der Waals surface area contributed by atoms with Gasteiger partial charge in [0.25, 0.3) is 0 Å². The van der Waals surface area contributed by atoms with Crippen molar-refractivity contribution in [3.8, 4) is 5.75 Å². The molecule has 0 atom stereocenters. The summed E-state index contributed by atoms with van der Waals surface area (Å²) in [6.07, 6.45) is 1.38. The molecule has 0 radical (unpaired) electrons. The maximum Gasteiger partial charge on any atom is 0.141 e. The van der Waals surface area contributed by atoms with Crippen LogP contribution in [0.3, 0.4) is 0 Å². The Morgan fingerprint density at radius 3 is 2.48 bits per heavy atom. The quantitative estimate of drug-likeness (QED) is 0.798. The lowest BCUT2D eigenvalue weighted by molar-refractivity contribution is 0.415. The second kappa shape index (κ2) is 5.32. The van der Waals surface area contributed by atoms with Crippen molar-refractivity contribution in [2.24, 2.45) is 0 Å². The number of hydrogen-bond donors (Lipinski definition) is 1. The van der Waals surface area contributed by atoms with Gasteiger partial charge in [0, 0.05) is 17.1 Å². The smallest absolute Gasteiger partial charge is 0.141 e. The molecule has 0 unspecified atom stereocenters. The van der Waals surface area contributed by atoms with Gasteiger partial charge in [0.1, 0.15) is 29.5 Å². The van der Waals surface area contributed by atoms with Crippen LogP contribution >= 0.6 is 0 Å². The molecule has 1 aromatic heterocycles. The number of benzene rings is 2. The molecule has 3 rings (SSSR count). The van der Waals surface area contributed by atoms with Crippen molar-refractivity contribution in [2.75, 3.05) is 12.4 Å². The summed E-state index contributed by atoms with van der Waals surface area (Å²) in [6, 6.07) is 8.52. The molecule has 21 heavy (non-hydrogen) atoms. The van der Waals surface area contributed by atoms with Crippen LogP contribution in [0.5, 0.6) is 5.75 Å². The molecule has 6 heteroatoms. The standard InChI is InChI=1S/C15H11F2N3O/c1-21-12-2-3-14-13(7-12)15(19-8-18-14)20-11-5-9(16)4-10(17)6-11/h2-8H,1H3,(H,18,19,20). The summed E-state index contributed by atoms with van der Waals surface area (Å²) in [6.45, 7) is 0. The monoisotopic (exact) mass is 287 g/mol. The first-order chi connectivity index (χ1) is 10.2. The molecule has 0 bridgehead atoms. The third kappa shape index (κ3) is 2.74. The number of rotatable bonds is 3. The van der Waals surface area contributed by atoms with Crippen LogP contribution in [0.2, 0.25) is 0 Å². The average molecular weight is 287 g/mol. The van der Waals surface area contributed by atoms with E-state index < -0.39 is 11.6 Å². The third-order valence-corrected chi connectivity index (χ3v) is 2.97. The van der Waals surface area contributed by atoms with E-state index in [9.17, 15) is 8.78 Å². The molecule has 0 aliphatic heterocycles. The van der Waals surface area contributed by atoms with E-state index in [2.05, 4.69) is 15.3 Å². The molecular formula is C15H11F2N3O. The minimum atomic E-state index is -0.659. The first-order valence-electron chi connectivity index (χ1n) is 6.17. The molecule has 1 heterocycles. The maximum atomic E-state index is 13.2. The third-order valence-electron chi connectivity index (χ3n) is 2.97. The number of halogens is 2. The highest BCUT2D eigenvalue weighted by molar-refractivity contribution is 5.91.